The van der Waals surface area contributed by atoms with E-state index in [1.807, 2.05) is 26.1 Å². The van der Waals surface area contributed by atoms with Gasteiger partial charge in [0.05, 0.1) is 16.1 Å². The predicted octanol–water partition coefficient (Wildman–Crippen LogP) is 3.94. The lowest BCUT2D eigenvalue weighted by atomic mass is 10.1. The summed E-state index contributed by atoms with van der Waals surface area (Å²) in [5.41, 5.74) is 2.26. The largest absolute Gasteiger partial charge is 0.494 e. The fourth-order valence-electron chi connectivity index (χ4n) is 1.65. The standard InChI is InChI=1S/C13H15BrN2OS/c1-3-17-10-6-4-5-9(7-10)8-11-12(14)18-13(15-2)16-11/h4-7H,3,8H2,1-2H3,(H,15,16). The van der Waals surface area contributed by atoms with E-state index in [2.05, 4.69) is 38.4 Å². The van der Waals surface area contributed by atoms with Crippen LogP contribution in [0, 0.1) is 0 Å². The average molecular weight is 327 g/mol. The van der Waals surface area contributed by atoms with Gasteiger partial charge >= 0.3 is 0 Å². The quantitative estimate of drug-likeness (QED) is 0.903. The lowest BCUT2D eigenvalue weighted by Gasteiger charge is -2.05. The number of thiazole rings is 1. The molecule has 1 aromatic carbocycles. The van der Waals surface area contributed by atoms with Crippen molar-refractivity contribution in [1.82, 2.24) is 4.98 Å². The number of benzene rings is 1. The third kappa shape index (κ3) is 3.23. The van der Waals surface area contributed by atoms with Crippen LogP contribution in [0.15, 0.2) is 28.1 Å². The smallest absolute Gasteiger partial charge is 0.183 e. The summed E-state index contributed by atoms with van der Waals surface area (Å²) >= 11 is 5.16. The molecule has 1 heterocycles. The van der Waals surface area contributed by atoms with Crippen LogP contribution in [0.1, 0.15) is 18.2 Å². The average Bonchev–Trinajstić information content (AvgIpc) is 2.71. The molecule has 1 aromatic heterocycles. The van der Waals surface area contributed by atoms with Gasteiger partial charge in [-0.3, -0.25) is 0 Å². The first kappa shape index (κ1) is 13.4. The zero-order valence-electron chi connectivity index (χ0n) is 10.4. The van der Waals surface area contributed by atoms with E-state index < -0.39 is 0 Å². The van der Waals surface area contributed by atoms with Crippen LogP contribution in [0.4, 0.5) is 5.13 Å². The van der Waals surface area contributed by atoms with Crippen molar-refractivity contribution in [2.24, 2.45) is 0 Å². The highest BCUT2D eigenvalue weighted by Crippen LogP contribution is 2.30. The highest BCUT2D eigenvalue weighted by molar-refractivity contribution is 9.11. The number of halogens is 1. The second-order valence-corrected chi connectivity index (χ2v) is 6.06. The maximum Gasteiger partial charge on any atom is 0.183 e. The normalized spacial score (nSPS) is 10.4. The summed E-state index contributed by atoms with van der Waals surface area (Å²) < 4.78 is 6.58. The van der Waals surface area contributed by atoms with E-state index in [4.69, 9.17) is 4.74 Å². The van der Waals surface area contributed by atoms with Crippen molar-refractivity contribution in [3.63, 3.8) is 0 Å². The van der Waals surface area contributed by atoms with E-state index in [0.29, 0.717) is 6.61 Å². The molecule has 0 atom stereocenters. The molecule has 0 radical (unpaired) electrons. The van der Waals surface area contributed by atoms with Crippen LogP contribution in [0.3, 0.4) is 0 Å². The second-order valence-electron chi connectivity index (χ2n) is 3.75. The minimum Gasteiger partial charge on any atom is -0.494 e. The molecular formula is C13H15BrN2OS. The first-order valence-electron chi connectivity index (χ1n) is 5.77. The molecule has 1 N–H and O–H groups in total. The van der Waals surface area contributed by atoms with Crippen LogP contribution >= 0.6 is 27.3 Å². The third-order valence-corrected chi connectivity index (χ3v) is 4.29. The van der Waals surface area contributed by atoms with Gasteiger partial charge in [-0.1, -0.05) is 23.5 Å². The van der Waals surface area contributed by atoms with Gasteiger partial charge in [0.2, 0.25) is 0 Å². The van der Waals surface area contributed by atoms with Crippen molar-refractivity contribution in [2.45, 2.75) is 13.3 Å². The van der Waals surface area contributed by atoms with Crippen LogP contribution in [0.25, 0.3) is 0 Å². The van der Waals surface area contributed by atoms with Crippen LogP contribution in [0.2, 0.25) is 0 Å². The zero-order chi connectivity index (χ0) is 13.0. The van der Waals surface area contributed by atoms with Crippen molar-refractivity contribution < 1.29 is 4.74 Å². The molecule has 18 heavy (non-hydrogen) atoms. The molecule has 0 bridgehead atoms. The highest BCUT2D eigenvalue weighted by atomic mass is 79.9. The first-order chi connectivity index (χ1) is 8.72. The van der Waals surface area contributed by atoms with Gasteiger partial charge in [-0.25, -0.2) is 4.98 Å². The minimum absolute atomic E-state index is 0.688. The molecule has 0 aliphatic heterocycles. The Bertz CT molecular complexity index is 527. The number of nitrogens with one attached hydrogen (secondary N) is 1. The fraction of sp³-hybridized carbons (Fsp3) is 0.308. The Morgan fingerprint density at radius 1 is 1.44 bits per heavy atom. The minimum atomic E-state index is 0.688. The summed E-state index contributed by atoms with van der Waals surface area (Å²) in [5, 5.41) is 3.99. The highest BCUT2D eigenvalue weighted by Gasteiger charge is 2.09. The molecule has 0 fully saturated rings. The molecule has 0 saturated heterocycles. The fourth-order valence-corrected chi connectivity index (χ4v) is 3.01. The Morgan fingerprint density at radius 3 is 2.94 bits per heavy atom. The number of hydrogen-bond donors (Lipinski definition) is 1. The molecular weight excluding hydrogens is 312 g/mol. The Hall–Kier alpha value is -1.07. The summed E-state index contributed by atoms with van der Waals surface area (Å²) in [6.07, 6.45) is 0.805. The van der Waals surface area contributed by atoms with E-state index in [-0.39, 0.29) is 0 Å². The Kier molecular flexibility index (Phi) is 4.60. The van der Waals surface area contributed by atoms with Crippen molar-refractivity contribution in [1.29, 1.82) is 0 Å². The maximum absolute atomic E-state index is 5.50. The summed E-state index contributed by atoms with van der Waals surface area (Å²) in [7, 11) is 1.88. The van der Waals surface area contributed by atoms with Gasteiger partial charge in [-0.05, 0) is 40.5 Å². The van der Waals surface area contributed by atoms with Crippen LogP contribution in [-0.2, 0) is 6.42 Å². The zero-order valence-corrected chi connectivity index (χ0v) is 12.8. The Labute approximate surface area is 119 Å². The third-order valence-electron chi connectivity index (χ3n) is 2.44. The maximum atomic E-state index is 5.50. The van der Waals surface area contributed by atoms with Gasteiger partial charge in [0.15, 0.2) is 5.13 Å². The number of hydrogen-bond acceptors (Lipinski definition) is 4. The summed E-state index contributed by atoms with van der Waals surface area (Å²) in [6.45, 7) is 2.68. The van der Waals surface area contributed by atoms with Gasteiger partial charge in [0.1, 0.15) is 5.75 Å². The predicted molar refractivity (Wildman–Crippen MR) is 79.8 cm³/mol. The van der Waals surface area contributed by atoms with Crippen LogP contribution in [-0.4, -0.2) is 18.6 Å². The molecule has 0 saturated carbocycles. The summed E-state index contributed by atoms with van der Waals surface area (Å²) in [4.78, 5) is 4.52. The molecule has 5 heteroatoms. The SMILES string of the molecule is CCOc1cccc(Cc2nc(NC)sc2Br)c1. The van der Waals surface area contributed by atoms with Gasteiger partial charge in [0.25, 0.3) is 0 Å². The van der Waals surface area contributed by atoms with Crippen molar-refractivity contribution in [3.05, 3.63) is 39.3 Å². The van der Waals surface area contributed by atoms with Crippen LogP contribution in [0.5, 0.6) is 5.75 Å². The van der Waals surface area contributed by atoms with Crippen molar-refractivity contribution in [2.75, 3.05) is 19.0 Å². The summed E-state index contributed by atoms with van der Waals surface area (Å²) in [5.74, 6) is 0.912. The molecule has 0 unspecified atom stereocenters. The number of ether oxygens (including phenoxy) is 1. The summed E-state index contributed by atoms with van der Waals surface area (Å²) in [6, 6.07) is 8.14. The molecule has 0 amide bonds. The number of anilines is 1. The molecule has 0 aliphatic carbocycles. The number of rotatable bonds is 5. The van der Waals surface area contributed by atoms with Crippen molar-refractivity contribution in [3.8, 4) is 5.75 Å². The molecule has 3 nitrogen and oxygen atoms in total. The molecule has 2 aromatic rings. The molecule has 0 aliphatic rings. The van der Waals surface area contributed by atoms with E-state index in [9.17, 15) is 0 Å². The monoisotopic (exact) mass is 326 g/mol. The van der Waals surface area contributed by atoms with Crippen molar-refractivity contribution >= 4 is 32.4 Å². The van der Waals surface area contributed by atoms with E-state index in [1.165, 1.54) is 5.56 Å². The molecule has 2 rings (SSSR count). The van der Waals surface area contributed by atoms with Gasteiger partial charge < -0.3 is 10.1 Å². The molecule has 96 valence electrons. The second kappa shape index (κ2) is 6.20. The van der Waals surface area contributed by atoms with E-state index in [0.717, 1.165) is 26.8 Å². The van der Waals surface area contributed by atoms with E-state index >= 15 is 0 Å². The Balaban J connectivity index is 2.17. The lowest BCUT2D eigenvalue weighted by molar-refractivity contribution is 0.340. The van der Waals surface area contributed by atoms with Gasteiger partial charge in [0, 0.05) is 13.5 Å². The molecule has 0 spiro atoms. The van der Waals surface area contributed by atoms with Gasteiger partial charge in [-0.2, -0.15) is 0 Å². The number of nitrogens with zero attached hydrogens (tertiary/aromatic N) is 1. The topological polar surface area (TPSA) is 34.1 Å². The lowest BCUT2D eigenvalue weighted by Crippen LogP contribution is -1.94. The van der Waals surface area contributed by atoms with Gasteiger partial charge in [-0.15, -0.1) is 0 Å². The Morgan fingerprint density at radius 2 is 2.28 bits per heavy atom. The van der Waals surface area contributed by atoms with E-state index in [1.54, 1.807) is 11.3 Å². The first-order valence-corrected chi connectivity index (χ1v) is 7.38. The number of aromatic nitrogens is 1. The van der Waals surface area contributed by atoms with Crippen LogP contribution < -0.4 is 10.1 Å².